The molecule has 1 saturated carbocycles. The van der Waals surface area contributed by atoms with Crippen molar-refractivity contribution in [2.75, 3.05) is 10.8 Å². The lowest BCUT2D eigenvalue weighted by molar-refractivity contribution is -0.140. The fourth-order valence-electron chi connectivity index (χ4n) is 5.39. The van der Waals surface area contributed by atoms with Crippen molar-refractivity contribution in [3.8, 4) is 0 Å². The van der Waals surface area contributed by atoms with E-state index in [0.717, 1.165) is 47.5 Å². The summed E-state index contributed by atoms with van der Waals surface area (Å²) in [6, 6.07) is 15.9. The molecule has 230 valence electrons. The molecule has 3 aromatic rings. The molecule has 0 radical (unpaired) electrons. The van der Waals surface area contributed by atoms with Gasteiger partial charge in [-0.1, -0.05) is 56.0 Å². The molecule has 10 heteroatoms. The van der Waals surface area contributed by atoms with Gasteiger partial charge in [0.05, 0.1) is 10.6 Å². The number of halogens is 2. The van der Waals surface area contributed by atoms with Gasteiger partial charge in [0.25, 0.3) is 10.0 Å². The normalized spacial score (nSPS) is 14.6. The third-order valence-electron chi connectivity index (χ3n) is 8.06. The molecule has 0 aliphatic heterocycles. The highest BCUT2D eigenvalue weighted by Crippen LogP contribution is 2.28. The van der Waals surface area contributed by atoms with Gasteiger partial charge in [0, 0.05) is 17.6 Å². The fraction of sp³-hybridized carbons (Fsp3) is 0.394. The second kappa shape index (κ2) is 14.4. The Balaban J connectivity index is 1.72. The maximum absolute atomic E-state index is 14.2. The summed E-state index contributed by atoms with van der Waals surface area (Å²) in [4.78, 5) is 29.2. The Hall–Kier alpha value is -3.43. The molecular weight excluding hydrogens is 589 g/mol. The summed E-state index contributed by atoms with van der Waals surface area (Å²) in [6.07, 6.45) is 5.29. The number of benzene rings is 3. The smallest absolute Gasteiger partial charge is 0.264 e. The lowest BCUT2D eigenvalue weighted by atomic mass is 9.95. The first kappa shape index (κ1) is 32.5. The van der Waals surface area contributed by atoms with E-state index < -0.39 is 34.3 Å². The van der Waals surface area contributed by atoms with Gasteiger partial charge in [-0.3, -0.25) is 13.9 Å². The van der Waals surface area contributed by atoms with Crippen LogP contribution in [0.4, 0.5) is 10.1 Å². The zero-order valence-electron chi connectivity index (χ0n) is 24.9. The van der Waals surface area contributed by atoms with Crippen molar-refractivity contribution >= 4 is 39.1 Å². The van der Waals surface area contributed by atoms with Crippen molar-refractivity contribution < 1.29 is 22.4 Å². The van der Waals surface area contributed by atoms with E-state index in [1.165, 1.54) is 41.3 Å². The van der Waals surface area contributed by atoms with Crippen LogP contribution in [0.3, 0.4) is 0 Å². The highest BCUT2D eigenvalue weighted by atomic mass is 35.5. The van der Waals surface area contributed by atoms with E-state index >= 15 is 0 Å². The van der Waals surface area contributed by atoms with Gasteiger partial charge in [0.15, 0.2) is 0 Å². The van der Waals surface area contributed by atoms with Crippen LogP contribution in [-0.4, -0.2) is 43.8 Å². The number of carbonyl (C=O) groups is 2. The number of nitrogens with zero attached hydrogens (tertiary/aromatic N) is 2. The monoisotopic (exact) mass is 627 g/mol. The number of hydrogen-bond acceptors (Lipinski definition) is 4. The number of nitrogens with one attached hydrogen (secondary N) is 1. The summed E-state index contributed by atoms with van der Waals surface area (Å²) in [5, 5.41) is 3.51. The summed E-state index contributed by atoms with van der Waals surface area (Å²) < 4.78 is 42.8. The van der Waals surface area contributed by atoms with Crippen LogP contribution in [0.15, 0.2) is 71.6 Å². The molecule has 4 rings (SSSR count). The third-order valence-corrected chi connectivity index (χ3v) is 10.1. The molecule has 7 nitrogen and oxygen atoms in total. The van der Waals surface area contributed by atoms with Gasteiger partial charge in [-0.25, -0.2) is 12.8 Å². The van der Waals surface area contributed by atoms with Gasteiger partial charge in [0.2, 0.25) is 11.8 Å². The first-order chi connectivity index (χ1) is 20.5. The molecule has 1 N–H and O–H groups in total. The number of amides is 2. The molecule has 1 fully saturated rings. The van der Waals surface area contributed by atoms with Crippen LogP contribution in [0.2, 0.25) is 5.02 Å². The molecule has 1 unspecified atom stereocenters. The van der Waals surface area contributed by atoms with Crippen LogP contribution in [0.5, 0.6) is 0 Å². The summed E-state index contributed by atoms with van der Waals surface area (Å²) in [6.45, 7) is 5.09. The number of sulfonamides is 1. The molecule has 2 amide bonds. The van der Waals surface area contributed by atoms with Gasteiger partial charge >= 0.3 is 0 Å². The molecule has 0 spiro atoms. The fourth-order valence-corrected chi connectivity index (χ4v) is 6.93. The molecule has 1 aliphatic carbocycles. The Morgan fingerprint density at radius 3 is 2.21 bits per heavy atom. The number of carbonyl (C=O) groups excluding carboxylic acids is 2. The highest BCUT2D eigenvalue weighted by Gasteiger charge is 2.34. The Morgan fingerprint density at radius 1 is 0.953 bits per heavy atom. The Bertz CT molecular complexity index is 1520. The molecule has 0 heterocycles. The Kier molecular flexibility index (Phi) is 10.8. The van der Waals surface area contributed by atoms with Crippen LogP contribution in [0.1, 0.15) is 62.1 Å². The SMILES string of the molecule is CCC(C(=O)NC1CCCCC1)N(Cc1ccc(F)cc1)C(=O)CN(c1ccc(C)c(C)c1)S(=O)(=O)c1ccc(Cl)cc1. The first-order valence-corrected chi connectivity index (χ1v) is 16.5. The van der Waals surface area contributed by atoms with E-state index in [1.54, 1.807) is 24.3 Å². The second-order valence-electron chi connectivity index (χ2n) is 11.1. The summed E-state index contributed by atoms with van der Waals surface area (Å²) >= 11 is 6.03. The van der Waals surface area contributed by atoms with Crippen molar-refractivity contribution in [2.24, 2.45) is 0 Å². The molecule has 0 aromatic heterocycles. The van der Waals surface area contributed by atoms with Crippen LogP contribution in [-0.2, 0) is 26.2 Å². The quantitative estimate of drug-likeness (QED) is 0.261. The van der Waals surface area contributed by atoms with E-state index in [9.17, 15) is 22.4 Å². The van der Waals surface area contributed by atoms with Gasteiger partial charge < -0.3 is 10.2 Å². The molecule has 1 atom stereocenters. The first-order valence-electron chi connectivity index (χ1n) is 14.7. The number of rotatable bonds is 11. The number of hydrogen-bond donors (Lipinski definition) is 1. The van der Waals surface area contributed by atoms with Gasteiger partial charge in [-0.05, 0) is 98.3 Å². The van der Waals surface area contributed by atoms with Crippen molar-refractivity contribution in [1.29, 1.82) is 0 Å². The third kappa shape index (κ3) is 8.15. The Labute approximate surface area is 259 Å². The lowest BCUT2D eigenvalue weighted by Crippen LogP contribution is -2.54. The maximum atomic E-state index is 14.2. The van der Waals surface area contributed by atoms with E-state index in [0.29, 0.717) is 22.7 Å². The van der Waals surface area contributed by atoms with E-state index in [1.807, 2.05) is 26.8 Å². The zero-order chi connectivity index (χ0) is 31.1. The average Bonchev–Trinajstić information content (AvgIpc) is 2.99. The molecule has 0 bridgehead atoms. The summed E-state index contributed by atoms with van der Waals surface area (Å²) in [5.41, 5.74) is 2.79. The molecule has 1 aliphatic rings. The number of aryl methyl sites for hydroxylation is 2. The lowest BCUT2D eigenvalue weighted by Gasteiger charge is -2.34. The standard InChI is InChI=1S/C33H39ClFN3O4S/c1-4-31(33(40)36-28-8-6-5-7-9-28)37(21-25-11-15-27(35)16-12-25)32(39)22-38(29-17-10-23(2)24(3)20-29)43(41,42)30-18-13-26(34)14-19-30/h10-20,28,31H,4-9,21-22H2,1-3H3,(H,36,40). The Morgan fingerprint density at radius 2 is 1.60 bits per heavy atom. The molecule has 0 saturated heterocycles. The van der Waals surface area contributed by atoms with Gasteiger partial charge in [0.1, 0.15) is 18.4 Å². The number of anilines is 1. The zero-order valence-corrected chi connectivity index (χ0v) is 26.4. The maximum Gasteiger partial charge on any atom is 0.264 e. The van der Waals surface area contributed by atoms with Crippen LogP contribution in [0.25, 0.3) is 0 Å². The second-order valence-corrected chi connectivity index (χ2v) is 13.4. The van der Waals surface area contributed by atoms with Crippen molar-refractivity contribution in [3.63, 3.8) is 0 Å². The van der Waals surface area contributed by atoms with E-state index in [-0.39, 0.29) is 23.4 Å². The highest BCUT2D eigenvalue weighted by molar-refractivity contribution is 7.92. The molecule has 3 aromatic carbocycles. The van der Waals surface area contributed by atoms with Gasteiger partial charge in [-0.15, -0.1) is 0 Å². The predicted molar refractivity (Wildman–Crippen MR) is 168 cm³/mol. The minimum absolute atomic E-state index is 0.0114. The predicted octanol–water partition coefficient (Wildman–Crippen LogP) is 6.55. The van der Waals surface area contributed by atoms with E-state index in [4.69, 9.17) is 11.6 Å². The van der Waals surface area contributed by atoms with E-state index in [2.05, 4.69) is 5.32 Å². The average molecular weight is 628 g/mol. The van der Waals surface area contributed by atoms with Crippen LogP contribution < -0.4 is 9.62 Å². The van der Waals surface area contributed by atoms with Crippen molar-refractivity contribution in [3.05, 3.63) is 94.3 Å². The largest absolute Gasteiger partial charge is 0.352 e. The molecular formula is C33H39ClFN3O4S. The van der Waals surface area contributed by atoms with Crippen LogP contribution >= 0.6 is 11.6 Å². The summed E-state index contributed by atoms with van der Waals surface area (Å²) in [7, 11) is -4.21. The van der Waals surface area contributed by atoms with Gasteiger partial charge in [-0.2, -0.15) is 0 Å². The van der Waals surface area contributed by atoms with Crippen molar-refractivity contribution in [1.82, 2.24) is 10.2 Å². The minimum atomic E-state index is -4.21. The summed E-state index contributed by atoms with van der Waals surface area (Å²) in [5.74, 6) is -1.24. The minimum Gasteiger partial charge on any atom is -0.352 e. The van der Waals surface area contributed by atoms with Crippen molar-refractivity contribution in [2.45, 2.75) is 82.8 Å². The topological polar surface area (TPSA) is 86.8 Å². The molecule has 43 heavy (non-hydrogen) atoms. The van der Waals surface area contributed by atoms with Crippen LogP contribution in [0, 0.1) is 19.7 Å².